The Balaban J connectivity index is 1.98. The van der Waals surface area contributed by atoms with E-state index in [0.717, 1.165) is 12.1 Å². The lowest BCUT2D eigenvalue weighted by molar-refractivity contribution is -0.137. The Morgan fingerprint density at radius 1 is 1.21 bits per heavy atom. The molecule has 0 aliphatic rings. The Hall–Kier alpha value is -3.10. The van der Waals surface area contributed by atoms with E-state index in [1.165, 1.54) is 18.3 Å². The number of aryl methyl sites for hydroxylation is 2. The molecule has 1 N–H and O–H groups in total. The van der Waals surface area contributed by atoms with Gasteiger partial charge in [0.25, 0.3) is 0 Å². The Morgan fingerprint density at radius 3 is 2.48 bits per heavy atom. The van der Waals surface area contributed by atoms with E-state index in [-0.39, 0.29) is 18.7 Å². The zero-order valence-corrected chi connectivity index (χ0v) is 16.3. The van der Waals surface area contributed by atoms with Crippen molar-refractivity contribution in [1.82, 2.24) is 14.8 Å². The third-order valence-corrected chi connectivity index (χ3v) is 4.48. The number of halogens is 3. The molecule has 3 aromatic rings. The predicted octanol–water partition coefficient (Wildman–Crippen LogP) is 4.57. The standard InChI is InChI=1S/C20H21F3N4O2/c1-4-27-18-16(12(3)26-27)17(15(11-25-18)19(28)29-5-2)24-10-13-6-8-14(9-7-13)20(21,22)23/h6-9,11H,4-5,10H2,1-3H3,(H,24,25). The SMILES string of the molecule is CCOC(=O)c1cnc2c(c(C)nn2CC)c1NCc1ccc(C(F)(F)F)cc1. The first-order valence-electron chi connectivity index (χ1n) is 9.19. The number of carbonyl (C=O) groups is 1. The minimum atomic E-state index is -4.38. The fourth-order valence-electron chi connectivity index (χ4n) is 3.09. The normalized spacial score (nSPS) is 11.7. The van der Waals surface area contributed by atoms with E-state index in [4.69, 9.17) is 4.74 Å². The van der Waals surface area contributed by atoms with Gasteiger partial charge < -0.3 is 10.1 Å². The summed E-state index contributed by atoms with van der Waals surface area (Å²) in [4.78, 5) is 16.8. The fourth-order valence-corrected chi connectivity index (χ4v) is 3.09. The molecule has 9 heteroatoms. The van der Waals surface area contributed by atoms with Crippen LogP contribution in [0.15, 0.2) is 30.5 Å². The van der Waals surface area contributed by atoms with E-state index in [0.29, 0.717) is 34.5 Å². The predicted molar refractivity (Wildman–Crippen MR) is 103 cm³/mol. The second kappa shape index (κ2) is 8.10. The minimum Gasteiger partial charge on any atom is -0.462 e. The van der Waals surface area contributed by atoms with E-state index in [1.54, 1.807) is 11.6 Å². The van der Waals surface area contributed by atoms with Gasteiger partial charge in [-0.1, -0.05) is 12.1 Å². The maximum absolute atomic E-state index is 12.8. The Labute approximate surface area is 165 Å². The average molecular weight is 406 g/mol. The fraction of sp³-hybridized carbons (Fsp3) is 0.350. The van der Waals surface area contributed by atoms with Gasteiger partial charge in [-0.3, -0.25) is 0 Å². The number of pyridine rings is 1. The molecular weight excluding hydrogens is 385 g/mol. The summed E-state index contributed by atoms with van der Waals surface area (Å²) < 4.78 is 45.1. The van der Waals surface area contributed by atoms with Crippen LogP contribution in [-0.2, 0) is 24.0 Å². The molecule has 2 heterocycles. The van der Waals surface area contributed by atoms with Gasteiger partial charge in [-0.15, -0.1) is 0 Å². The number of benzene rings is 1. The van der Waals surface area contributed by atoms with E-state index in [9.17, 15) is 18.0 Å². The third-order valence-electron chi connectivity index (χ3n) is 4.48. The number of hydrogen-bond donors (Lipinski definition) is 1. The van der Waals surface area contributed by atoms with Crippen molar-refractivity contribution in [3.8, 4) is 0 Å². The molecule has 154 valence electrons. The van der Waals surface area contributed by atoms with Gasteiger partial charge in [0.2, 0.25) is 0 Å². The number of fused-ring (bicyclic) bond motifs is 1. The van der Waals surface area contributed by atoms with Crippen LogP contribution in [0.4, 0.5) is 18.9 Å². The lowest BCUT2D eigenvalue weighted by Crippen LogP contribution is -2.12. The highest BCUT2D eigenvalue weighted by Crippen LogP contribution is 2.31. The molecule has 0 saturated heterocycles. The number of anilines is 1. The molecule has 0 fully saturated rings. The van der Waals surface area contributed by atoms with Crippen molar-refractivity contribution < 1.29 is 22.7 Å². The van der Waals surface area contributed by atoms with E-state index >= 15 is 0 Å². The first-order valence-corrected chi connectivity index (χ1v) is 9.19. The van der Waals surface area contributed by atoms with Crippen LogP contribution in [0, 0.1) is 6.92 Å². The van der Waals surface area contributed by atoms with E-state index < -0.39 is 17.7 Å². The summed E-state index contributed by atoms with van der Waals surface area (Å²) in [6.45, 7) is 6.49. The van der Waals surface area contributed by atoms with E-state index in [2.05, 4.69) is 15.4 Å². The summed E-state index contributed by atoms with van der Waals surface area (Å²) >= 11 is 0. The molecule has 0 atom stereocenters. The minimum absolute atomic E-state index is 0.211. The number of hydrogen-bond acceptors (Lipinski definition) is 5. The molecule has 0 spiro atoms. The first-order chi connectivity index (χ1) is 13.8. The number of rotatable bonds is 6. The second-order valence-corrected chi connectivity index (χ2v) is 6.42. The van der Waals surface area contributed by atoms with Gasteiger partial charge >= 0.3 is 12.1 Å². The van der Waals surface area contributed by atoms with Gasteiger partial charge in [0.15, 0.2) is 5.65 Å². The van der Waals surface area contributed by atoms with E-state index in [1.807, 2.05) is 13.8 Å². The molecule has 0 unspecified atom stereocenters. The lowest BCUT2D eigenvalue weighted by Gasteiger charge is -2.14. The molecule has 0 bridgehead atoms. The highest BCUT2D eigenvalue weighted by molar-refractivity contribution is 6.05. The van der Waals surface area contributed by atoms with Crippen molar-refractivity contribution in [3.63, 3.8) is 0 Å². The third kappa shape index (κ3) is 4.18. The average Bonchev–Trinajstić information content (AvgIpc) is 3.02. The molecule has 0 saturated carbocycles. The van der Waals surface area contributed by atoms with Gasteiger partial charge in [-0.05, 0) is 38.5 Å². The van der Waals surface area contributed by atoms with Gasteiger partial charge in [0.1, 0.15) is 5.56 Å². The highest BCUT2D eigenvalue weighted by Gasteiger charge is 2.30. The molecule has 0 aliphatic heterocycles. The van der Waals surface area contributed by atoms with Crippen LogP contribution in [0.3, 0.4) is 0 Å². The first kappa shape index (κ1) is 20.6. The van der Waals surface area contributed by atoms with Gasteiger partial charge in [0.05, 0.1) is 28.9 Å². The van der Waals surface area contributed by atoms with Gasteiger partial charge in [-0.25, -0.2) is 14.5 Å². The molecule has 0 aliphatic carbocycles. The summed E-state index contributed by atoms with van der Waals surface area (Å²) in [5.41, 5.74) is 2.00. The molecule has 29 heavy (non-hydrogen) atoms. The summed E-state index contributed by atoms with van der Waals surface area (Å²) in [6, 6.07) is 4.87. The van der Waals surface area contributed by atoms with Crippen molar-refractivity contribution in [2.24, 2.45) is 0 Å². The molecular formula is C20H21F3N4O2. The number of nitrogens with one attached hydrogen (secondary N) is 1. The summed E-state index contributed by atoms with van der Waals surface area (Å²) in [5.74, 6) is -0.527. The molecule has 3 rings (SSSR count). The Kier molecular flexibility index (Phi) is 5.76. The number of nitrogens with zero attached hydrogens (tertiary/aromatic N) is 3. The summed E-state index contributed by atoms with van der Waals surface area (Å²) in [6.07, 6.45) is -2.95. The van der Waals surface area contributed by atoms with Crippen molar-refractivity contribution in [2.45, 2.75) is 40.0 Å². The number of ether oxygens (including phenoxy) is 1. The maximum Gasteiger partial charge on any atom is 0.416 e. The lowest BCUT2D eigenvalue weighted by atomic mass is 10.1. The molecule has 0 radical (unpaired) electrons. The van der Waals surface area contributed by atoms with Gasteiger partial charge in [0, 0.05) is 19.3 Å². The molecule has 0 amide bonds. The Morgan fingerprint density at radius 2 is 1.90 bits per heavy atom. The number of aromatic nitrogens is 3. The van der Waals surface area contributed by atoms with Crippen molar-refractivity contribution >= 4 is 22.7 Å². The molecule has 2 aromatic heterocycles. The highest BCUT2D eigenvalue weighted by atomic mass is 19.4. The van der Waals surface area contributed by atoms with Crippen molar-refractivity contribution in [2.75, 3.05) is 11.9 Å². The Bertz CT molecular complexity index is 1030. The zero-order chi connectivity index (χ0) is 21.2. The second-order valence-electron chi connectivity index (χ2n) is 6.42. The smallest absolute Gasteiger partial charge is 0.416 e. The monoisotopic (exact) mass is 406 g/mol. The van der Waals surface area contributed by atoms with Crippen LogP contribution in [0.2, 0.25) is 0 Å². The van der Waals surface area contributed by atoms with Crippen LogP contribution in [-0.4, -0.2) is 27.3 Å². The number of carbonyl (C=O) groups excluding carboxylic acids is 1. The molecule has 1 aromatic carbocycles. The van der Waals surface area contributed by atoms with Crippen molar-refractivity contribution in [1.29, 1.82) is 0 Å². The quantitative estimate of drug-likeness (QED) is 0.608. The van der Waals surface area contributed by atoms with Crippen LogP contribution < -0.4 is 5.32 Å². The number of alkyl halides is 3. The summed E-state index contributed by atoms with van der Waals surface area (Å²) in [5, 5.41) is 8.30. The number of esters is 1. The topological polar surface area (TPSA) is 69.0 Å². The van der Waals surface area contributed by atoms with Crippen LogP contribution >= 0.6 is 0 Å². The van der Waals surface area contributed by atoms with Gasteiger partial charge in [-0.2, -0.15) is 18.3 Å². The zero-order valence-electron chi connectivity index (χ0n) is 16.3. The van der Waals surface area contributed by atoms with Crippen LogP contribution in [0.5, 0.6) is 0 Å². The van der Waals surface area contributed by atoms with Crippen LogP contribution in [0.1, 0.15) is 41.0 Å². The molecule has 6 nitrogen and oxygen atoms in total. The maximum atomic E-state index is 12.8. The summed E-state index contributed by atoms with van der Waals surface area (Å²) in [7, 11) is 0. The van der Waals surface area contributed by atoms with Crippen LogP contribution in [0.25, 0.3) is 11.0 Å². The largest absolute Gasteiger partial charge is 0.462 e. The van der Waals surface area contributed by atoms with Crippen molar-refractivity contribution in [3.05, 3.63) is 52.8 Å².